The molecule has 0 spiro atoms. The molecule has 0 aliphatic heterocycles. The Bertz CT molecular complexity index is 3010. The molecule has 16 nitrogen and oxygen atoms in total. The molecule has 0 aliphatic rings. The van der Waals surface area contributed by atoms with Crippen LogP contribution in [0.15, 0.2) is 219 Å². The lowest BCUT2D eigenvalue weighted by Crippen LogP contribution is -2.30. The number of phosphoric acid groups is 2. The van der Waals surface area contributed by atoms with Gasteiger partial charge in [0.2, 0.25) is 0 Å². The average molecular weight is 1670 g/mol. The molecule has 0 aliphatic carbocycles. The number of allylic oxidation sites excluding steroid dienone is 36. The van der Waals surface area contributed by atoms with E-state index >= 15 is 0 Å². The number of phosphoric ester groups is 2. The summed E-state index contributed by atoms with van der Waals surface area (Å²) in [6, 6.07) is 0. The fourth-order valence-corrected chi connectivity index (χ4v) is 13.0. The highest BCUT2D eigenvalue weighted by atomic mass is 31.2. The first kappa shape index (κ1) is 111. The summed E-state index contributed by atoms with van der Waals surface area (Å²) in [7, 11) is -9.83. The molecule has 5 atom stereocenters. The summed E-state index contributed by atoms with van der Waals surface area (Å²) in [6.07, 6.45) is 121. The first-order valence-corrected chi connectivity index (χ1v) is 48.0. The quantitative estimate of drug-likeness (QED) is 0.0146. The summed E-state index contributed by atoms with van der Waals surface area (Å²) >= 11 is 0. The van der Waals surface area contributed by atoms with E-state index in [-0.39, 0.29) is 19.3 Å². The van der Waals surface area contributed by atoms with Crippen molar-refractivity contribution in [2.45, 2.75) is 347 Å². The van der Waals surface area contributed by atoms with Crippen molar-refractivity contribution in [3.05, 3.63) is 219 Å². The Kier molecular flexibility index (Phi) is 84.5. The Hall–Kier alpha value is -6.13. The van der Waals surface area contributed by atoms with Crippen molar-refractivity contribution in [2.24, 2.45) is 0 Å². The lowest BCUT2D eigenvalue weighted by Gasteiger charge is -2.21. The van der Waals surface area contributed by atoms with Gasteiger partial charge in [-0.1, -0.05) is 355 Å². The SMILES string of the molecule is CC/C=C\C/C=C\C/C=C\C/C=C\C/C=C\C/C=C\CCCCCCCCCCCCCCC(=O)OCC(O)COP(=O)(O)OCC(O)COP(=O)(O)OCC(COC(=O)CCCCCCCC/C=C\C/C=C\C/C=C\C/C=C\C/C=C\C/C=C\CC)OC(=O)CCCCCCCC/C=C\C/C=C\C/C=C\C/C=C\C/C=C\C/C=C\CC. The van der Waals surface area contributed by atoms with Crippen LogP contribution in [-0.2, 0) is 55.8 Å². The van der Waals surface area contributed by atoms with Crippen LogP contribution in [0, 0.1) is 0 Å². The monoisotopic (exact) mass is 1670 g/mol. The number of aliphatic hydroxyl groups is 2. The van der Waals surface area contributed by atoms with Gasteiger partial charge < -0.3 is 34.2 Å². The molecule has 662 valence electrons. The number of unbranched alkanes of at least 4 members (excludes halogenated alkanes) is 24. The summed E-state index contributed by atoms with van der Waals surface area (Å²) in [5, 5.41) is 20.7. The highest BCUT2D eigenvalue weighted by Gasteiger charge is 2.29. The molecule has 5 unspecified atom stereocenters. The predicted molar refractivity (Wildman–Crippen MR) is 490 cm³/mol. The molecule has 0 saturated heterocycles. The molecule has 0 aromatic carbocycles. The number of esters is 3. The third-order valence-electron chi connectivity index (χ3n) is 18.2. The molecule has 0 amide bonds. The van der Waals surface area contributed by atoms with Gasteiger partial charge in [-0.2, -0.15) is 0 Å². The summed E-state index contributed by atoms with van der Waals surface area (Å²) in [6.45, 7) is 2.31. The van der Waals surface area contributed by atoms with E-state index in [2.05, 4.69) is 240 Å². The molecule has 0 saturated carbocycles. The van der Waals surface area contributed by atoms with Gasteiger partial charge in [-0.15, -0.1) is 0 Å². The van der Waals surface area contributed by atoms with Gasteiger partial charge in [-0.3, -0.25) is 32.5 Å². The summed E-state index contributed by atoms with van der Waals surface area (Å²) in [4.78, 5) is 59.0. The lowest BCUT2D eigenvalue weighted by molar-refractivity contribution is -0.161. The number of rotatable bonds is 83. The minimum Gasteiger partial charge on any atom is -0.463 e. The average Bonchev–Trinajstić information content (AvgIpc) is 0.784. The van der Waals surface area contributed by atoms with Crippen molar-refractivity contribution in [2.75, 3.05) is 39.6 Å². The number of ether oxygens (including phenoxy) is 3. The summed E-state index contributed by atoms with van der Waals surface area (Å²) in [5.74, 6) is -1.62. The van der Waals surface area contributed by atoms with Crippen LogP contribution in [0.1, 0.15) is 329 Å². The van der Waals surface area contributed by atoms with Gasteiger partial charge in [0, 0.05) is 19.3 Å². The molecule has 0 aromatic rings. The maximum atomic E-state index is 13.1. The van der Waals surface area contributed by atoms with Gasteiger partial charge in [-0.05, 0) is 173 Å². The number of aliphatic hydroxyl groups excluding tert-OH is 2. The molecular formula is C99H160O16P2. The first-order chi connectivity index (χ1) is 57.2. The Morgan fingerprint density at radius 2 is 0.427 bits per heavy atom. The van der Waals surface area contributed by atoms with Crippen molar-refractivity contribution >= 4 is 33.6 Å². The highest BCUT2D eigenvalue weighted by molar-refractivity contribution is 7.47. The summed E-state index contributed by atoms with van der Waals surface area (Å²) < 4.78 is 61.4. The van der Waals surface area contributed by atoms with Gasteiger partial charge in [0.05, 0.1) is 26.4 Å². The Morgan fingerprint density at radius 1 is 0.239 bits per heavy atom. The summed E-state index contributed by atoms with van der Waals surface area (Å²) in [5.41, 5.74) is 0. The van der Waals surface area contributed by atoms with Crippen LogP contribution in [-0.4, -0.2) is 95.9 Å². The molecule has 0 fully saturated rings. The molecular weight excluding hydrogens is 1510 g/mol. The first-order valence-electron chi connectivity index (χ1n) is 45.0. The largest absolute Gasteiger partial charge is 0.472 e. The van der Waals surface area contributed by atoms with Gasteiger partial charge in [-0.25, -0.2) is 9.13 Å². The predicted octanol–water partition coefficient (Wildman–Crippen LogP) is 27.8. The molecule has 18 heteroatoms. The van der Waals surface area contributed by atoms with Gasteiger partial charge in [0.15, 0.2) is 6.10 Å². The van der Waals surface area contributed by atoms with Crippen LogP contribution >= 0.6 is 15.6 Å². The maximum absolute atomic E-state index is 13.1. The standard InChI is InChI=1S/C99H160O16P2/c1-4-7-10-13-16-19-22-25-28-31-34-37-40-43-44-45-46-47-48-51-53-55-58-61-64-67-70-73-76-79-82-85-97(102)109-88-94(100)89-111-116(105,106)112-90-95(101)91-113-117(107,108)114-93-96(115-99(104)87-84-81-78-75-72-69-66-63-60-57-54-50-42-39-36-33-30-27-24-21-18-15-12-9-6-3)92-110-98(103)86-83-80-77-74-71-68-65-62-59-56-52-49-41-38-35-32-29-26-23-20-17-14-11-8-5-2/h7-12,16-21,25-30,34-39,43-44,46-47,49-50,52,54,59-60,62-63,94-96,100-101H,4-6,13-15,22-24,31-33,40-42,45,48,51,53,55-58,61,64-93H2,1-3H3,(H,105,106)(H,107,108)/b10-7-,11-8-,12-9-,19-16-,20-17-,21-18-,28-25-,29-26-,30-27-,37-34-,38-35-,39-36-,44-43-,47-46-,52-49-,54-50-,62-59-,63-60-. The van der Waals surface area contributed by atoms with Gasteiger partial charge in [0.1, 0.15) is 25.4 Å². The molecule has 0 rings (SSSR count). The van der Waals surface area contributed by atoms with E-state index in [0.717, 1.165) is 218 Å². The van der Waals surface area contributed by atoms with E-state index in [0.29, 0.717) is 19.3 Å². The molecule has 4 N–H and O–H groups in total. The van der Waals surface area contributed by atoms with Crippen LogP contribution in [0.2, 0.25) is 0 Å². The zero-order valence-corrected chi connectivity index (χ0v) is 74.6. The second-order valence-electron chi connectivity index (χ2n) is 29.3. The van der Waals surface area contributed by atoms with E-state index in [4.69, 9.17) is 32.3 Å². The molecule has 0 aromatic heterocycles. The van der Waals surface area contributed by atoms with Crippen molar-refractivity contribution in [1.29, 1.82) is 0 Å². The van der Waals surface area contributed by atoms with Gasteiger partial charge in [0.25, 0.3) is 0 Å². The zero-order valence-electron chi connectivity index (χ0n) is 72.8. The lowest BCUT2D eigenvalue weighted by atomic mass is 10.0. The number of carbonyl (C=O) groups excluding carboxylic acids is 3. The van der Waals surface area contributed by atoms with E-state index in [1.54, 1.807) is 0 Å². The van der Waals surface area contributed by atoms with Gasteiger partial charge >= 0.3 is 33.6 Å². The van der Waals surface area contributed by atoms with Crippen LogP contribution < -0.4 is 0 Å². The highest BCUT2D eigenvalue weighted by Crippen LogP contribution is 2.45. The second kappa shape index (κ2) is 89.1. The van der Waals surface area contributed by atoms with Crippen molar-refractivity contribution < 1.29 is 75.8 Å². The van der Waals surface area contributed by atoms with Crippen LogP contribution in [0.5, 0.6) is 0 Å². The van der Waals surface area contributed by atoms with Crippen molar-refractivity contribution in [3.63, 3.8) is 0 Å². The van der Waals surface area contributed by atoms with Crippen molar-refractivity contribution in [1.82, 2.24) is 0 Å². The third kappa shape index (κ3) is 90.5. The topological polar surface area (TPSA) is 231 Å². The molecule has 0 bridgehead atoms. The number of carbonyl (C=O) groups is 3. The smallest absolute Gasteiger partial charge is 0.463 e. The number of hydrogen-bond donors (Lipinski definition) is 4. The molecule has 0 radical (unpaired) electrons. The normalized spacial score (nSPS) is 14.8. The minimum absolute atomic E-state index is 0.0743. The fourth-order valence-electron chi connectivity index (χ4n) is 11.5. The van der Waals surface area contributed by atoms with Crippen LogP contribution in [0.4, 0.5) is 0 Å². The van der Waals surface area contributed by atoms with E-state index in [1.807, 2.05) is 0 Å². The van der Waals surface area contributed by atoms with Crippen LogP contribution in [0.25, 0.3) is 0 Å². The van der Waals surface area contributed by atoms with E-state index in [1.165, 1.54) is 51.4 Å². The van der Waals surface area contributed by atoms with E-state index < -0.39 is 91.5 Å². The Labute approximate surface area is 711 Å². The maximum Gasteiger partial charge on any atom is 0.472 e. The third-order valence-corrected chi connectivity index (χ3v) is 20.1. The molecule has 117 heavy (non-hydrogen) atoms. The second-order valence-corrected chi connectivity index (χ2v) is 32.2. The van der Waals surface area contributed by atoms with Crippen molar-refractivity contribution in [3.8, 4) is 0 Å². The van der Waals surface area contributed by atoms with E-state index in [9.17, 15) is 43.5 Å². The fraction of sp³-hybridized carbons (Fsp3) is 0.606. The number of hydrogen-bond acceptors (Lipinski definition) is 14. The van der Waals surface area contributed by atoms with Crippen LogP contribution in [0.3, 0.4) is 0 Å². The Balaban J connectivity index is 4.70. The zero-order chi connectivity index (χ0) is 85.1. The Morgan fingerprint density at radius 3 is 0.675 bits per heavy atom. The minimum atomic E-state index is -4.96. The molecule has 0 heterocycles.